The van der Waals surface area contributed by atoms with E-state index in [1.165, 1.54) is 12.1 Å². The summed E-state index contributed by atoms with van der Waals surface area (Å²) in [7, 11) is 0. The van der Waals surface area contributed by atoms with Crippen molar-refractivity contribution in [1.29, 1.82) is 0 Å². The highest BCUT2D eigenvalue weighted by Gasteiger charge is 2.30. The van der Waals surface area contributed by atoms with Crippen LogP contribution in [0.1, 0.15) is 18.1 Å². The van der Waals surface area contributed by atoms with E-state index in [2.05, 4.69) is 10.6 Å². The number of hydrogen-bond acceptors (Lipinski definition) is 2. The van der Waals surface area contributed by atoms with Crippen molar-refractivity contribution >= 4 is 5.91 Å². The van der Waals surface area contributed by atoms with Gasteiger partial charge in [-0.05, 0) is 30.2 Å². The molecule has 1 heterocycles. The second-order valence-corrected chi connectivity index (χ2v) is 5.15. The van der Waals surface area contributed by atoms with Gasteiger partial charge in [0.05, 0.1) is 11.5 Å². The number of carbonyl (C=O) groups is 1. The largest absolute Gasteiger partial charge is 0.416 e. The summed E-state index contributed by atoms with van der Waals surface area (Å²) in [5.74, 6) is 0.162. The first-order valence-electron chi connectivity index (χ1n) is 6.52. The molecule has 6 heteroatoms. The minimum Gasteiger partial charge on any atom is -0.352 e. The zero-order chi connectivity index (χ0) is 14.8. The van der Waals surface area contributed by atoms with Crippen LogP contribution in [0, 0.1) is 11.8 Å². The lowest BCUT2D eigenvalue weighted by Gasteiger charge is -2.14. The van der Waals surface area contributed by atoms with E-state index in [1.54, 1.807) is 0 Å². The van der Waals surface area contributed by atoms with E-state index in [0.717, 1.165) is 18.7 Å². The Bertz CT molecular complexity index is 470. The Balaban J connectivity index is 1.89. The van der Waals surface area contributed by atoms with Crippen LogP contribution in [0.4, 0.5) is 13.2 Å². The topological polar surface area (TPSA) is 41.1 Å². The van der Waals surface area contributed by atoms with Gasteiger partial charge in [0.1, 0.15) is 0 Å². The Morgan fingerprint density at radius 1 is 1.30 bits per heavy atom. The Labute approximate surface area is 115 Å². The van der Waals surface area contributed by atoms with Crippen LogP contribution in [-0.2, 0) is 17.5 Å². The number of halogens is 3. The lowest BCUT2D eigenvalue weighted by molar-refractivity contribution is -0.137. The molecule has 0 saturated carbocycles. The monoisotopic (exact) mass is 286 g/mol. The molecule has 0 aromatic heterocycles. The van der Waals surface area contributed by atoms with E-state index >= 15 is 0 Å². The van der Waals surface area contributed by atoms with Crippen LogP contribution < -0.4 is 10.6 Å². The van der Waals surface area contributed by atoms with Gasteiger partial charge < -0.3 is 10.6 Å². The van der Waals surface area contributed by atoms with Crippen LogP contribution in [-0.4, -0.2) is 19.0 Å². The van der Waals surface area contributed by atoms with Crippen LogP contribution in [0.5, 0.6) is 0 Å². The molecule has 1 aliphatic heterocycles. The van der Waals surface area contributed by atoms with Gasteiger partial charge in [-0.2, -0.15) is 13.2 Å². The normalized spacial score (nSPS) is 22.8. The first-order valence-corrected chi connectivity index (χ1v) is 6.52. The first kappa shape index (κ1) is 14.8. The molecule has 1 aromatic carbocycles. The maximum atomic E-state index is 12.4. The van der Waals surface area contributed by atoms with Gasteiger partial charge in [-0.25, -0.2) is 0 Å². The van der Waals surface area contributed by atoms with Crippen LogP contribution in [0.15, 0.2) is 24.3 Å². The maximum absolute atomic E-state index is 12.4. The summed E-state index contributed by atoms with van der Waals surface area (Å²) in [4.78, 5) is 11.9. The molecular weight excluding hydrogens is 269 g/mol. The summed E-state index contributed by atoms with van der Waals surface area (Å²) in [5, 5.41) is 5.91. The number of amides is 1. The third-order valence-corrected chi connectivity index (χ3v) is 3.60. The smallest absolute Gasteiger partial charge is 0.352 e. The number of rotatable bonds is 3. The number of nitrogens with one attached hydrogen (secondary N) is 2. The second-order valence-electron chi connectivity index (χ2n) is 5.15. The summed E-state index contributed by atoms with van der Waals surface area (Å²) in [6, 6.07) is 4.83. The average molecular weight is 286 g/mol. The molecule has 1 aliphatic rings. The molecule has 0 spiro atoms. The highest BCUT2D eigenvalue weighted by atomic mass is 19.4. The molecule has 0 radical (unpaired) electrons. The van der Waals surface area contributed by atoms with Gasteiger partial charge in [0.2, 0.25) is 5.91 Å². The number of alkyl halides is 3. The van der Waals surface area contributed by atoms with Crippen molar-refractivity contribution in [2.75, 3.05) is 13.1 Å². The van der Waals surface area contributed by atoms with Crippen LogP contribution in [0.25, 0.3) is 0 Å². The fourth-order valence-electron chi connectivity index (χ4n) is 2.29. The quantitative estimate of drug-likeness (QED) is 0.894. The van der Waals surface area contributed by atoms with Gasteiger partial charge in [-0.3, -0.25) is 4.79 Å². The first-order chi connectivity index (χ1) is 9.38. The molecule has 2 N–H and O–H groups in total. The summed E-state index contributed by atoms with van der Waals surface area (Å²) in [6.07, 6.45) is -4.33. The van der Waals surface area contributed by atoms with Crippen molar-refractivity contribution in [3.05, 3.63) is 35.4 Å². The Morgan fingerprint density at radius 2 is 1.95 bits per heavy atom. The molecule has 2 unspecified atom stereocenters. The summed E-state index contributed by atoms with van der Waals surface area (Å²) in [6.45, 7) is 3.72. The van der Waals surface area contributed by atoms with Crippen molar-refractivity contribution in [2.45, 2.75) is 19.6 Å². The standard InChI is InChI=1S/C14H17F3N2O/c1-9-6-18-8-12(9)13(20)19-7-10-2-4-11(5-3-10)14(15,16)17/h2-5,9,12,18H,6-8H2,1H3,(H,19,20). The lowest BCUT2D eigenvalue weighted by atomic mass is 9.97. The Kier molecular flexibility index (Phi) is 4.32. The third kappa shape index (κ3) is 3.50. The van der Waals surface area contributed by atoms with Gasteiger partial charge in [0, 0.05) is 13.1 Å². The highest BCUT2D eigenvalue weighted by molar-refractivity contribution is 5.79. The molecular formula is C14H17F3N2O. The predicted molar refractivity (Wildman–Crippen MR) is 68.8 cm³/mol. The molecule has 110 valence electrons. The third-order valence-electron chi connectivity index (χ3n) is 3.60. The molecule has 1 saturated heterocycles. The molecule has 2 rings (SSSR count). The Hall–Kier alpha value is -1.56. The van der Waals surface area contributed by atoms with Crippen molar-refractivity contribution < 1.29 is 18.0 Å². The molecule has 0 aliphatic carbocycles. The SMILES string of the molecule is CC1CNCC1C(=O)NCc1ccc(C(F)(F)F)cc1. The summed E-state index contributed by atoms with van der Waals surface area (Å²) in [5.41, 5.74) is -0.0221. The number of carbonyl (C=O) groups excluding carboxylic acids is 1. The average Bonchev–Trinajstić information content (AvgIpc) is 2.82. The van der Waals surface area contributed by atoms with Gasteiger partial charge in [0.25, 0.3) is 0 Å². The molecule has 2 atom stereocenters. The highest BCUT2D eigenvalue weighted by Crippen LogP contribution is 2.29. The predicted octanol–water partition coefficient (Wildman–Crippen LogP) is 2.18. The van der Waals surface area contributed by atoms with E-state index in [0.29, 0.717) is 12.1 Å². The molecule has 20 heavy (non-hydrogen) atoms. The van der Waals surface area contributed by atoms with E-state index in [-0.39, 0.29) is 24.3 Å². The summed E-state index contributed by atoms with van der Waals surface area (Å²) >= 11 is 0. The van der Waals surface area contributed by atoms with Crippen LogP contribution in [0.2, 0.25) is 0 Å². The van der Waals surface area contributed by atoms with Gasteiger partial charge in [-0.1, -0.05) is 19.1 Å². The fraction of sp³-hybridized carbons (Fsp3) is 0.500. The second kappa shape index (κ2) is 5.83. The zero-order valence-electron chi connectivity index (χ0n) is 11.1. The van der Waals surface area contributed by atoms with E-state index in [4.69, 9.17) is 0 Å². The molecule has 1 aromatic rings. The minimum atomic E-state index is -4.33. The molecule has 1 amide bonds. The summed E-state index contributed by atoms with van der Waals surface area (Å²) < 4.78 is 37.2. The van der Waals surface area contributed by atoms with E-state index in [1.807, 2.05) is 6.92 Å². The van der Waals surface area contributed by atoms with E-state index < -0.39 is 11.7 Å². The maximum Gasteiger partial charge on any atom is 0.416 e. The van der Waals surface area contributed by atoms with Crippen LogP contribution >= 0.6 is 0 Å². The van der Waals surface area contributed by atoms with E-state index in [9.17, 15) is 18.0 Å². The van der Waals surface area contributed by atoms with Crippen LogP contribution in [0.3, 0.4) is 0 Å². The van der Waals surface area contributed by atoms with Crippen molar-refractivity contribution in [2.24, 2.45) is 11.8 Å². The number of benzene rings is 1. The van der Waals surface area contributed by atoms with Gasteiger partial charge in [0.15, 0.2) is 0 Å². The number of hydrogen-bond donors (Lipinski definition) is 2. The van der Waals surface area contributed by atoms with Crippen molar-refractivity contribution in [1.82, 2.24) is 10.6 Å². The molecule has 1 fully saturated rings. The lowest BCUT2D eigenvalue weighted by Crippen LogP contribution is -2.33. The van der Waals surface area contributed by atoms with Crippen molar-refractivity contribution in [3.63, 3.8) is 0 Å². The Morgan fingerprint density at radius 3 is 2.45 bits per heavy atom. The van der Waals surface area contributed by atoms with Gasteiger partial charge >= 0.3 is 6.18 Å². The fourth-order valence-corrected chi connectivity index (χ4v) is 2.29. The minimum absolute atomic E-state index is 0.0533. The zero-order valence-corrected chi connectivity index (χ0v) is 11.1. The van der Waals surface area contributed by atoms with Crippen molar-refractivity contribution in [3.8, 4) is 0 Å². The molecule has 3 nitrogen and oxygen atoms in total. The molecule has 0 bridgehead atoms. The van der Waals surface area contributed by atoms with Gasteiger partial charge in [-0.15, -0.1) is 0 Å².